The SMILES string of the molecule is Cc1nn(-c2ccccc2)c2c1[C@H](c1ccccc1)c1c(ncn3nc(-c4ccc([N+](=O)[O-])cc4)nc13)O2. The van der Waals surface area contributed by atoms with E-state index in [0.717, 1.165) is 28.1 Å². The van der Waals surface area contributed by atoms with Gasteiger partial charge < -0.3 is 4.74 Å². The van der Waals surface area contributed by atoms with Gasteiger partial charge in [-0.05, 0) is 36.8 Å². The lowest BCUT2D eigenvalue weighted by molar-refractivity contribution is -0.384. The number of aryl methyl sites for hydroxylation is 1. The molecule has 4 heterocycles. The van der Waals surface area contributed by atoms with Crippen molar-refractivity contribution < 1.29 is 9.66 Å². The van der Waals surface area contributed by atoms with Gasteiger partial charge in [0.15, 0.2) is 11.5 Å². The maximum Gasteiger partial charge on any atom is 0.269 e. The van der Waals surface area contributed by atoms with Crippen LogP contribution in [0.4, 0.5) is 5.69 Å². The smallest absolute Gasteiger partial charge is 0.269 e. The van der Waals surface area contributed by atoms with E-state index in [4.69, 9.17) is 14.8 Å². The average molecular weight is 502 g/mol. The van der Waals surface area contributed by atoms with Gasteiger partial charge in [0.25, 0.3) is 5.69 Å². The quantitative estimate of drug-likeness (QED) is 0.232. The number of ether oxygens (including phenoxy) is 1. The van der Waals surface area contributed by atoms with E-state index in [1.807, 2.05) is 60.1 Å². The second kappa shape index (κ2) is 8.34. The summed E-state index contributed by atoms with van der Waals surface area (Å²) in [5.74, 6) is 1.22. The normalized spacial score (nSPS) is 14.1. The number of nitrogens with zero attached hydrogens (tertiary/aromatic N) is 7. The van der Waals surface area contributed by atoms with E-state index >= 15 is 0 Å². The lowest BCUT2D eigenvalue weighted by atomic mass is 9.84. The third-order valence-electron chi connectivity index (χ3n) is 6.69. The number of para-hydroxylation sites is 1. The molecular formula is C28H19N7O3. The molecule has 0 amide bonds. The fraction of sp³-hybridized carbons (Fsp3) is 0.0714. The lowest BCUT2D eigenvalue weighted by Crippen LogP contribution is -2.16. The molecule has 0 saturated heterocycles. The molecule has 38 heavy (non-hydrogen) atoms. The number of fused-ring (bicyclic) bond motifs is 4. The first-order valence-corrected chi connectivity index (χ1v) is 12.0. The van der Waals surface area contributed by atoms with Gasteiger partial charge in [0, 0.05) is 17.7 Å². The van der Waals surface area contributed by atoms with Gasteiger partial charge in [-0.3, -0.25) is 10.1 Å². The van der Waals surface area contributed by atoms with Crippen LogP contribution in [0.1, 0.15) is 28.3 Å². The second-order valence-corrected chi connectivity index (χ2v) is 8.97. The highest BCUT2D eigenvalue weighted by Crippen LogP contribution is 2.49. The van der Waals surface area contributed by atoms with Crippen molar-refractivity contribution in [1.29, 1.82) is 0 Å². The van der Waals surface area contributed by atoms with Crippen molar-refractivity contribution >= 4 is 11.3 Å². The number of hydrogen-bond acceptors (Lipinski definition) is 7. The van der Waals surface area contributed by atoms with Crippen LogP contribution in [0.25, 0.3) is 22.7 Å². The monoisotopic (exact) mass is 501 g/mol. The summed E-state index contributed by atoms with van der Waals surface area (Å²) >= 11 is 0. The molecule has 0 saturated carbocycles. The molecule has 1 aliphatic rings. The van der Waals surface area contributed by atoms with Crippen LogP contribution in [0.2, 0.25) is 0 Å². The van der Waals surface area contributed by atoms with Crippen molar-refractivity contribution in [3.63, 3.8) is 0 Å². The molecule has 10 heteroatoms. The van der Waals surface area contributed by atoms with Crippen molar-refractivity contribution in [2.45, 2.75) is 12.8 Å². The molecule has 0 spiro atoms. The third-order valence-corrected chi connectivity index (χ3v) is 6.69. The van der Waals surface area contributed by atoms with Gasteiger partial charge in [-0.15, -0.1) is 5.10 Å². The first-order chi connectivity index (χ1) is 18.6. The standard InChI is InChI=1S/C28H19N7O3/c1-17-22-23(18-8-4-2-5-9-18)24-26-30-25(19-12-14-21(15-13-19)35(36)37)32-33(26)16-29-27(24)38-28(22)34(31-17)20-10-6-3-7-11-20/h2-16,23H,1H3/t23-/m0/s1. The van der Waals surface area contributed by atoms with Gasteiger partial charge in [0.05, 0.1) is 33.3 Å². The van der Waals surface area contributed by atoms with E-state index < -0.39 is 4.92 Å². The molecule has 184 valence electrons. The van der Waals surface area contributed by atoms with Crippen molar-refractivity contribution in [3.8, 4) is 28.8 Å². The Kier molecular flexibility index (Phi) is 4.80. The van der Waals surface area contributed by atoms with Crippen LogP contribution in [-0.2, 0) is 0 Å². The summed E-state index contributed by atoms with van der Waals surface area (Å²) in [5.41, 5.74) is 5.74. The number of nitro groups is 1. The zero-order valence-electron chi connectivity index (χ0n) is 20.1. The molecular weight excluding hydrogens is 482 g/mol. The van der Waals surface area contributed by atoms with E-state index in [2.05, 4.69) is 22.2 Å². The maximum absolute atomic E-state index is 11.1. The van der Waals surface area contributed by atoms with Gasteiger partial charge in [0.1, 0.15) is 6.33 Å². The summed E-state index contributed by atoms with van der Waals surface area (Å²) in [6, 6.07) is 26.1. The Balaban J connectivity index is 1.44. The number of nitro benzene ring substituents is 1. The molecule has 0 bridgehead atoms. The Labute approximate surface area is 216 Å². The summed E-state index contributed by atoms with van der Waals surface area (Å²) < 4.78 is 9.86. The summed E-state index contributed by atoms with van der Waals surface area (Å²) in [5, 5.41) is 20.5. The molecule has 1 aliphatic heterocycles. The highest BCUT2D eigenvalue weighted by molar-refractivity contribution is 5.69. The highest BCUT2D eigenvalue weighted by atomic mass is 16.6. The van der Waals surface area contributed by atoms with Crippen LogP contribution in [0.5, 0.6) is 11.8 Å². The van der Waals surface area contributed by atoms with Gasteiger partial charge in [-0.2, -0.15) is 5.10 Å². The first-order valence-electron chi connectivity index (χ1n) is 12.0. The van der Waals surface area contributed by atoms with Gasteiger partial charge in [-0.1, -0.05) is 48.5 Å². The Morgan fingerprint density at radius 2 is 1.61 bits per heavy atom. The minimum atomic E-state index is -0.432. The van der Waals surface area contributed by atoms with Crippen molar-refractivity contribution in [2.75, 3.05) is 0 Å². The Morgan fingerprint density at radius 3 is 2.32 bits per heavy atom. The van der Waals surface area contributed by atoms with Gasteiger partial charge in [-0.25, -0.2) is 19.2 Å². The summed E-state index contributed by atoms with van der Waals surface area (Å²) in [6.45, 7) is 1.97. The molecule has 10 nitrogen and oxygen atoms in total. The molecule has 1 atom stereocenters. The molecule has 3 aromatic carbocycles. The number of non-ortho nitro benzene ring substituents is 1. The summed E-state index contributed by atoms with van der Waals surface area (Å²) in [4.78, 5) is 20.1. The average Bonchev–Trinajstić information content (AvgIpc) is 3.54. The zero-order chi connectivity index (χ0) is 25.8. The second-order valence-electron chi connectivity index (χ2n) is 8.97. The number of hydrogen-bond donors (Lipinski definition) is 0. The topological polar surface area (TPSA) is 113 Å². The van der Waals surface area contributed by atoms with Crippen LogP contribution in [0.3, 0.4) is 0 Å². The fourth-order valence-electron chi connectivity index (χ4n) is 4.96. The van der Waals surface area contributed by atoms with Gasteiger partial charge >= 0.3 is 0 Å². The van der Waals surface area contributed by atoms with Crippen LogP contribution in [-0.4, -0.2) is 34.3 Å². The van der Waals surface area contributed by atoms with Gasteiger partial charge in [0.2, 0.25) is 11.8 Å². The minimum absolute atomic E-state index is 0.00698. The number of rotatable bonds is 4. The zero-order valence-corrected chi connectivity index (χ0v) is 20.1. The Bertz CT molecular complexity index is 1830. The van der Waals surface area contributed by atoms with E-state index in [9.17, 15) is 10.1 Å². The molecule has 0 fully saturated rings. The fourth-order valence-corrected chi connectivity index (χ4v) is 4.96. The molecule has 7 rings (SSSR count). The van der Waals surface area contributed by atoms with E-state index in [1.165, 1.54) is 12.1 Å². The largest absolute Gasteiger partial charge is 0.420 e. The predicted molar refractivity (Wildman–Crippen MR) is 139 cm³/mol. The minimum Gasteiger partial charge on any atom is -0.420 e. The first kappa shape index (κ1) is 21.9. The Morgan fingerprint density at radius 1 is 0.895 bits per heavy atom. The van der Waals surface area contributed by atoms with Crippen LogP contribution < -0.4 is 4.74 Å². The molecule has 0 unspecified atom stereocenters. The van der Waals surface area contributed by atoms with Crippen molar-refractivity contribution in [2.24, 2.45) is 0 Å². The van der Waals surface area contributed by atoms with E-state index in [0.29, 0.717) is 28.8 Å². The molecule has 0 radical (unpaired) electrons. The predicted octanol–water partition coefficient (Wildman–Crippen LogP) is 5.48. The maximum atomic E-state index is 11.1. The van der Waals surface area contributed by atoms with Crippen LogP contribution in [0.15, 0.2) is 91.3 Å². The van der Waals surface area contributed by atoms with Crippen molar-refractivity contribution in [1.82, 2.24) is 29.4 Å². The summed E-state index contributed by atoms with van der Waals surface area (Å²) in [6.07, 6.45) is 1.57. The van der Waals surface area contributed by atoms with E-state index in [-0.39, 0.29) is 11.6 Å². The molecule has 6 aromatic rings. The third kappa shape index (κ3) is 3.34. The molecule has 0 N–H and O–H groups in total. The van der Waals surface area contributed by atoms with Crippen molar-refractivity contribution in [3.05, 3.63) is 124 Å². The Hall–Kier alpha value is -5.38. The molecule has 0 aliphatic carbocycles. The molecule has 3 aromatic heterocycles. The number of aromatic nitrogens is 6. The highest BCUT2D eigenvalue weighted by Gasteiger charge is 2.38. The summed E-state index contributed by atoms with van der Waals surface area (Å²) in [7, 11) is 0. The van der Waals surface area contributed by atoms with E-state index in [1.54, 1.807) is 23.0 Å². The van der Waals surface area contributed by atoms with Crippen LogP contribution >= 0.6 is 0 Å². The lowest BCUT2D eigenvalue weighted by Gasteiger charge is -2.26. The van der Waals surface area contributed by atoms with Crippen LogP contribution in [0, 0.1) is 17.0 Å². The number of benzene rings is 3.